The Morgan fingerprint density at radius 3 is 2.80 bits per heavy atom. The number of hydrogen-bond donors (Lipinski definition) is 2. The molecule has 0 radical (unpaired) electrons. The molecule has 0 saturated carbocycles. The molecule has 0 fully saturated rings. The second kappa shape index (κ2) is 7.55. The largest absolute Gasteiger partial charge is 0.488 e. The first-order chi connectivity index (χ1) is 9.43. The zero-order valence-electron chi connectivity index (χ0n) is 11.1. The van der Waals surface area contributed by atoms with Crippen molar-refractivity contribution in [1.29, 1.82) is 0 Å². The van der Waals surface area contributed by atoms with E-state index in [0.29, 0.717) is 22.9 Å². The van der Waals surface area contributed by atoms with Crippen LogP contribution >= 0.6 is 11.6 Å². The average molecular weight is 298 g/mol. The first-order valence-electron chi connectivity index (χ1n) is 5.98. The van der Waals surface area contributed by atoms with E-state index in [1.165, 1.54) is 6.92 Å². The minimum atomic E-state index is -1.08. The Hall–Kier alpha value is -2.01. The summed E-state index contributed by atoms with van der Waals surface area (Å²) in [6.45, 7) is 5.28. The Morgan fingerprint density at radius 2 is 2.25 bits per heavy atom. The second-order valence-electron chi connectivity index (χ2n) is 4.17. The predicted octanol–water partition coefficient (Wildman–Crippen LogP) is 2.04. The van der Waals surface area contributed by atoms with Crippen molar-refractivity contribution in [3.05, 3.63) is 41.4 Å². The van der Waals surface area contributed by atoms with Crippen molar-refractivity contribution in [1.82, 2.24) is 5.32 Å². The number of rotatable bonds is 7. The number of carbonyl (C=O) groups excluding carboxylic acids is 1. The van der Waals surface area contributed by atoms with Crippen LogP contribution in [-0.2, 0) is 16.0 Å². The van der Waals surface area contributed by atoms with Crippen LogP contribution in [0.2, 0.25) is 5.02 Å². The molecular formula is C14H16ClNO4. The van der Waals surface area contributed by atoms with Gasteiger partial charge in [0.15, 0.2) is 0 Å². The summed E-state index contributed by atoms with van der Waals surface area (Å²) >= 11 is 6.02. The Balaban J connectivity index is 2.64. The molecule has 1 aromatic rings. The molecule has 0 unspecified atom stereocenters. The van der Waals surface area contributed by atoms with Gasteiger partial charge in [0, 0.05) is 0 Å². The van der Waals surface area contributed by atoms with Crippen LogP contribution in [0.4, 0.5) is 0 Å². The van der Waals surface area contributed by atoms with Crippen molar-refractivity contribution in [2.24, 2.45) is 0 Å². The number of aliphatic carboxylic acids is 1. The summed E-state index contributed by atoms with van der Waals surface area (Å²) in [5.41, 5.74) is 0.677. The number of benzene rings is 1. The second-order valence-corrected chi connectivity index (χ2v) is 4.58. The lowest BCUT2D eigenvalue weighted by atomic mass is 10.1. The minimum absolute atomic E-state index is 0.0546. The fourth-order valence-electron chi connectivity index (χ4n) is 1.46. The van der Waals surface area contributed by atoms with Gasteiger partial charge in [-0.05, 0) is 24.6 Å². The van der Waals surface area contributed by atoms with E-state index in [1.54, 1.807) is 24.3 Å². The highest BCUT2D eigenvalue weighted by Crippen LogP contribution is 2.25. The van der Waals surface area contributed by atoms with Crippen LogP contribution < -0.4 is 10.1 Å². The fraction of sp³-hybridized carbons (Fsp3) is 0.286. The summed E-state index contributed by atoms with van der Waals surface area (Å²) < 4.78 is 5.31. The molecule has 0 aliphatic rings. The van der Waals surface area contributed by atoms with Gasteiger partial charge in [0.1, 0.15) is 18.4 Å². The van der Waals surface area contributed by atoms with Crippen LogP contribution in [0.3, 0.4) is 0 Å². The zero-order valence-corrected chi connectivity index (χ0v) is 11.8. The molecule has 108 valence electrons. The number of halogens is 1. The van der Waals surface area contributed by atoms with E-state index in [2.05, 4.69) is 11.9 Å². The topological polar surface area (TPSA) is 75.6 Å². The molecule has 2 N–H and O–H groups in total. The molecule has 1 atom stereocenters. The lowest BCUT2D eigenvalue weighted by Gasteiger charge is -2.10. The molecule has 5 nitrogen and oxygen atoms in total. The molecule has 0 saturated heterocycles. The van der Waals surface area contributed by atoms with E-state index in [0.717, 1.165) is 0 Å². The fourth-order valence-corrected chi connectivity index (χ4v) is 1.72. The normalized spacial score (nSPS) is 11.5. The zero-order chi connectivity index (χ0) is 15.1. The molecule has 0 spiro atoms. The third-order valence-electron chi connectivity index (χ3n) is 2.47. The molecular weight excluding hydrogens is 282 g/mol. The van der Waals surface area contributed by atoms with Gasteiger partial charge >= 0.3 is 5.97 Å². The first kappa shape index (κ1) is 16.0. The standard InChI is InChI=1S/C14H16ClNO4/c1-3-6-20-12-5-4-10(7-11(12)15)8-13(17)16-9(2)14(18)19/h3-5,7,9H,1,6,8H2,2H3,(H,16,17)(H,18,19)/t9-/m0/s1. The number of carboxylic acids is 1. The van der Waals surface area contributed by atoms with Gasteiger partial charge in [-0.25, -0.2) is 0 Å². The Bertz CT molecular complexity index is 516. The molecule has 1 rings (SSSR count). The molecule has 6 heteroatoms. The number of ether oxygens (including phenoxy) is 1. The maximum atomic E-state index is 11.6. The maximum Gasteiger partial charge on any atom is 0.325 e. The van der Waals surface area contributed by atoms with Crippen molar-refractivity contribution in [3.63, 3.8) is 0 Å². The van der Waals surface area contributed by atoms with E-state index in [9.17, 15) is 9.59 Å². The number of carboxylic acid groups (broad SMARTS) is 1. The quantitative estimate of drug-likeness (QED) is 0.755. The average Bonchev–Trinajstić information content (AvgIpc) is 2.37. The monoisotopic (exact) mass is 297 g/mol. The Kier molecular flexibility index (Phi) is 6.06. The molecule has 0 aliphatic heterocycles. The summed E-state index contributed by atoms with van der Waals surface area (Å²) in [6, 6.07) is 4.06. The molecule has 1 aromatic carbocycles. The predicted molar refractivity (Wildman–Crippen MR) is 76.1 cm³/mol. The minimum Gasteiger partial charge on any atom is -0.488 e. The van der Waals surface area contributed by atoms with Crippen molar-refractivity contribution in [3.8, 4) is 5.75 Å². The molecule has 20 heavy (non-hydrogen) atoms. The molecule has 0 aliphatic carbocycles. The molecule has 0 bridgehead atoms. The SMILES string of the molecule is C=CCOc1ccc(CC(=O)N[C@@H](C)C(=O)O)cc1Cl. The van der Waals surface area contributed by atoms with Gasteiger partial charge in [-0.1, -0.05) is 30.3 Å². The summed E-state index contributed by atoms with van der Waals surface area (Å²) in [5.74, 6) is -0.949. The number of nitrogens with one attached hydrogen (secondary N) is 1. The van der Waals surface area contributed by atoms with Crippen LogP contribution in [0.5, 0.6) is 5.75 Å². The molecule has 0 heterocycles. The van der Waals surface area contributed by atoms with E-state index >= 15 is 0 Å². The van der Waals surface area contributed by atoms with Gasteiger partial charge in [-0.15, -0.1) is 0 Å². The smallest absolute Gasteiger partial charge is 0.325 e. The summed E-state index contributed by atoms with van der Waals surface area (Å²) in [5, 5.41) is 11.5. The number of amides is 1. The lowest BCUT2D eigenvalue weighted by molar-refractivity contribution is -0.141. The van der Waals surface area contributed by atoms with Crippen LogP contribution in [-0.4, -0.2) is 29.6 Å². The van der Waals surface area contributed by atoms with E-state index in [-0.39, 0.29) is 12.3 Å². The molecule has 0 aromatic heterocycles. The lowest BCUT2D eigenvalue weighted by Crippen LogP contribution is -2.39. The van der Waals surface area contributed by atoms with Gasteiger partial charge in [0.05, 0.1) is 11.4 Å². The highest BCUT2D eigenvalue weighted by molar-refractivity contribution is 6.32. The van der Waals surface area contributed by atoms with Crippen LogP contribution in [0.15, 0.2) is 30.9 Å². The van der Waals surface area contributed by atoms with E-state index < -0.39 is 12.0 Å². The summed E-state index contributed by atoms with van der Waals surface area (Å²) in [7, 11) is 0. The third kappa shape index (κ3) is 4.93. The van der Waals surface area contributed by atoms with Gasteiger partial charge in [-0.2, -0.15) is 0 Å². The maximum absolute atomic E-state index is 11.6. The van der Waals surface area contributed by atoms with E-state index in [4.69, 9.17) is 21.4 Å². The summed E-state index contributed by atoms with van der Waals surface area (Å²) in [4.78, 5) is 22.3. The van der Waals surface area contributed by atoms with Gasteiger partial charge < -0.3 is 15.2 Å². The highest BCUT2D eigenvalue weighted by atomic mass is 35.5. The Labute approximate surface area is 122 Å². The van der Waals surface area contributed by atoms with Crippen molar-refractivity contribution in [2.45, 2.75) is 19.4 Å². The third-order valence-corrected chi connectivity index (χ3v) is 2.76. The van der Waals surface area contributed by atoms with Crippen molar-refractivity contribution in [2.75, 3.05) is 6.61 Å². The van der Waals surface area contributed by atoms with Crippen LogP contribution in [0.25, 0.3) is 0 Å². The highest BCUT2D eigenvalue weighted by Gasteiger charge is 2.14. The molecule has 1 amide bonds. The number of carbonyl (C=O) groups is 2. The van der Waals surface area contributed by atoms with Crippen LogP contribution in [0, 0.1) is 0 Å². The van der Waals surface area contributed by atoms with Crippen molar-refractivity contribution < 1.29 is 19.4 Å². The first-order valence-corrected chi connectivity index (χ1v) is 6.36. The van der Waals surface area contributed by atoms with Gasteiger partial charge in [0.2, 0.25) is 5.91 Å². The van der Waals surface area contributed by atoms with Crippen LogP contribution in [0.1, 0.15) is 12.5 Å². The van der Waals surface area contributed by atoms with Crippen molar-refractivity contribution >= 4 is 23.5 Å². The Morgan fingerprint density at radius 1 is 1.55 bits per heavy atom. The summed E-state index contributed by atoms with van der Waals surface area (Å²) in [6.07, 6.45) is 1.66. The number of hydrogen-bond acceptors (Lipinski definition) is 3. The van der Waals surface area contributed by atoms with E-state index in [1.807, 2.05) is 0 Å². The van der Waals surface area contributed by atoms with Gasteiger partial charge in [0.25, 0.3) is 0 Å². The van der Waals surface area contributed by atoms with Gasteiger partial charge in [-0.3, -0.25) is 9.59 Å².